The maximum absolute atomic E-state index is 12.7. The smallest absolute Gasteiger partial charge is 0.387 e. The summed E-state index contributed by atoms with van der Waals surface area (Å²) in [5.74, 6) is 4.01. The Kier molecular flexibility index (Phi) is 22.3. The number of carbonyl (C=O) groups is 2. The number of halogens is 4. The Balaban J connectivity index is 0.000000517. The van der Waals surface area contributed by atoms with Crippen molar-refractivity contribution in [3.63, 3.8) is 0 Å². The molecule has 0 bridgehead atoms. The SMILES string of the molecule is C=O.CCCO.CN1CCSC1.CO[n+]1cc(Cl)c(CC(OC=O)c2ccc(OC(F)F)c(OCC3CC3)c2)c(Cl)c1.Cc1ccco1. The number of aryl methyl sites for hydroxylation is 1. The summed E-state index contributed by atoms with van der Waals surface area (Å²) in [6.07, 6.45) is 7.02. The van der Waals surface area contributed by atoms with E-state index in [-0.39, 0.29) is 17.9 Å². The van der Waals surface area contributed by atoms with Crippen LogP contribution in [0, 0.1) is 12.8 Å². The van der Waals surface area contributed by atoms with Crippen LogP contribution in [0.1, 0.15) is 49.2 Å². The number of benzene rings is 1. The maximum atomic E-state index is 12.7. The highest BCUT2D eigenvalue weighted by Crippen LogP contribution is 2.37. The van der Waals surface area contributed by atoms with Gasteiger partial charge < -0.3 is 28.5 Å². The molecule has 2 aliphatic rings. The van der Waals surface area contributed by atoms with Crippen molar-refractivity contribution in [1.29, 1.82) is 0 Å². The van der Waals surface area contributed by atoms with Gasteiger partial charge in [0.25, 0.3) is 6.47 Å². The highest BCUT2D eigenvalue weighted by atomic mass is 35.5. The molecule has 10 nitrogen and oxygen atoms in total. The van der Waals surface area contributed by atoms with Crippen LogP contribution in [0.5, 0.6) is 11.5 Å². The number of ether oxygens (including phenoxy) is 3. The zero-order chi connectivity index (χ0) is 35.9. The van der Waals surface area contributed by atoms with E-state index in [4.69, 9.17) is 51.8 Å². The summed E-state index contributed by atoms with van der Waals surface area (Å²) in [5.41, 5.74) is 1.05. The number of pyridine rings is 1. The van der Waals surface area contributed by atoms with Gasteiger partial charge in [-0.05, 0) is 69.0 Å². The van der Waals surface area contributed by atoms with Crippen molar-refractivity contribution >= 4 is 48.2 Å². The zero-order valence-corrected chi connectivity index (χ0v) is 29.9. The molecule has 1 aliphatic heterocycles. The quantitative estimate of drug-likeness (QED) is 0.161. The minimum absolute atomic E-state index is 0.0869. The summed E-state index contributed by atoms with van der Waals surface area (Å²) in [6.45, 7) is 5.16. The highest BCUT2D eigenvalue weighted by molar-refractivity contribution is 7.99. The maximum Gasteiger partial charge on any atom is 0.387 e. The molecular formula is C33H45Cl2F2N2O8S+. The fraction of sp³-hybridized carbons (Fsp3) is 0.485. The molecular weight excluding hydrogens is 693 g/mol. The van der Waals surface area contributed by atoms with E-state index < -0.39 is 12.7 Å². The van der Waals surface area contributed by atoms with Gasteiger partial charge in [0.05, 0.1) is 12.9 Å². The fourth-order valence-electron chi connectivity index (χ4n) is 3.72. The van der Waals surface area contributed by atoms with Crippen LogP contribution in [0.4, 0.5) is 8.78 Å². The van der Waals surface area contributed by atoms with Crippen LogP contribution in [-0.4, -0.2) is 75.4 Å². The molecule has 3 heterocycles. The lowest BCUT2D eigenvalue weighted by Gasteiger charge is -2.19. The van der Waals surface area contributed by atoms with Crippen LogP contribution in [0.15, 0.2) is 53.4 Å². The number of furan rings is 1. The van der Waals surface area contributed by atoms with Gasteiger partial charge in [-0.15, -0.1) is 11.8 Å². The third-order valence-electron chi connectivity index (χ3n) is 6.42. The van der Waals surface area contributed by atoms with Gasteiger partial charge in [-0.3, -0.25) is 14.5 Å². The standard InChI is InChI=1S/C20H20Cl2F2NO5.C5H6O.C4H9NS.C3H8O.CH2O/c1-27-25-8-15(21)14(16(22)9-25)7-18(29-11-26)13-4-5-17(30-20(23)24)19(6-13)28-10-12-2-3-12;1-5-3-2-4-6-5;1-5-2-3-6-4-5;1-2-3-4;1-2/h4-6,8-9,11-12,18,20H,2-3,7,10H2,1H3;2-4H,1H3;2-4H2,1H3;4H,2-3H2,1H3;1H2/q+1;;;;. The Morgan fingerprint density at radius 1 is 1.19 bits per heavy atom. The molecule has 0 amide bonds. The van der Waals surface area contributed by atoms with Crippen molar-refractivity contribution in [3.05, 3.63) is 75.9 Å². The van der Waals surface area contributed by atoms with Crippen molar-refractivity contribution in [2.75, 3.05) is 45.5 Å². The van der Waals surface area contributed by atoms with Gasteiger partial charge in [0.15, 0.2) is 11.5 Å². The summed E-state index contributed by atoms with van der Waals surface area (Å²) in [5, 5.41) is 8.50. The number of nitrogens with zero attached hydrogens (tertiary/aromatic N) is 2. The van der Waals surface area contributed by atoms with Gasteiger partial charge in [-0.25, -0.2) is 0 Å². The largest absolute Gasteiger partial charge is 0.489 e. The lowest BCUT2D eigenvalue weighted by atomic mass is 10.0. The van der Waals surface area contributed by atoms with Crippen LogP contribution >= 0.6 is 35.0 Å². The van der Waals surface area contributed by atoms with E-state index in [9.17, 15) is 13.6 Å². The third kappa shape index (κ3) is 17.3. The van der Waals surface area contributed by atoms with Crippen molar-refractivity contribution in [2.45, 2.75) is 52.2 Å². The average Bonchev–Trinajstić information content (AvgIpc) is 3.57. The predicted molar refractivity (Wildman–Crippen MR) is 182 cm³/mol. The normalized spacial score (nSPS) is 14.0. The molecule has 1 N–H and O–H groups in total. The Morgan fingerprint density at radius 2 is 1.85 bits per heavy atom. The molecule has 2 fully saturated rings. The molecule has 268 valence electrons. The monoisotopic (exact) mass is 737 g/mol. The molecule has 0 radical (unpaired) electrons. The van der Waals surface area contributed by atoms with Crippen molar-refractivity contribution < 1.29 is 51.7 Å². The van der Waals surface area contributed by atoms with Gasteiger partial charge in [0.2, 0.25) is 12.4 Å². The van der Waals surface area contributed by atoms with Crippen molar-refractivity contribution in [2.24, 2.45) is 5.92 Å². The number of aromatic nitrogens is 1. The molecule has 0 spiro atoms. The van der Waals surface area contributed by atoms with E-state index in [0.29, 0.717) is 46.8 Å². The first-order valence-corrected chi connectivity index (χ1v) is 16.9. The van der Waals surface area contributed by atoms with Gasteiger partial charge >= 0.3 is 6.61 Å². The molecule has 1 unspecified atom stereocenters. The van der Waals surface area contributed by atoms with Crippen LogP contribution in [0.25, 0.3) is 0 Å². The Hall–Kier alpha value is -3.10. The summed E-state index contributed by atoms with van der Waals surface area (Å²) < 4.78 is 47.1. The topological polar surface area (TPSA) is 112 Å². The number of carbonyl (C=O) groups excluding carboxylic acids is 2. The first-order valence-electron chi connectivity index (χ1n) is 15.0. The average molecular weight is 739 g/mol. The molecule has 15 heteroatoms. The predicted octanol–water partition coefficient (Wildman–Crippen LogP) is 6.60. The molecule has 3 aromatic rings. The van der Waals surface area contributed by atoms with Gasteiger partial charge in [-0.1, -0.05) is 36.2 Å². The van der Waals surface area contributed by atoms with Gasteiger partial charge in [0.1, 0.15) is 35.8 Å². The van der Waals surface area contributed by atoms with E-state index >= 15 is 0 Å². The van der Waals surface area contributed by atoms with Crippen LogP contribution < -0.4 is 19.0 Å². The second-order valence-corrected chi connectivity index (χ2v) is 12.2. The number of aliphatic hydroxyl groups is 1. The first kappa shape index (κ1) is 42.9. The van der Waals surface area contributed by atoms with E-state index in [1.54, 1.807) is 6.26 Å². The number of hydrogen-bond donors (Lipinski definition) is 1. The Morgan fingerprint density at radius 3 is 2.25 bits per heavy atom. The summed E-state index contributed by atoms with van der Waals surface area (Å²) in [4.78, 5) is 26.5. The van der Waals surface area contributed by atoms with Crippen LogP contribution in [-0.2, 0) is 20.7 Å². The molecule has 48 heavy (non-hydrogen) atoms. The van der Waals surface area contributed by atoms with Gasteiger partial charge in [0, 0.05) is 41.5 Å². The summed E-state index contributed by atoms with van der Waals surface area (Å²) >= 11 is 14.6. The van der Waals surface area contributed by atoms with E-state index in [0.717, 1.165) is 25.0 Å². The molecule has 1 saturated carbocycles. The molecule has 2 aromatic heterocycles. The Labute approximate surface area is 295 Å². The lowest BCUT2D eigenvalue weighted by Crippen LogP contribution is -2.40. The van der Waals surface area contributed by atoms with Crippen LogP contribution in [0.3, 0.4) is 0 Å². The third-order valence-corrected chi connectivity index (χ3v) is 8.17. The molecule has 1 saturated heterocycles. The summed E-state index contributed by atoms with van der Waals surface area (Å²) in [7, 11) is 3.61. The molecule has 1 aliphatic carbocycles. The molecule has 1 aromatic carbocycles. The second-order valence-electron chi connectivity index (χ2n) is 10.3. The van der Waals surface area contributed by atoms with Crippen LogP contribution in [0.2, 0.25) is 10.0 Å². The van der Waals surface area contributed by atoms with Gasteiger partial charge in [-0.2, -0.15) is 8.78 Å². The van der Waals surface area contributed by atoms with E-state index in [1.165, 1.54) is 60.6 Å². The number of rotatable bonds is 12. The fourth-order valence-corrected chi connectivity index (χ4v) is 5.33. The molecule has 5 rings (SSSR count). The first-order chi connectivity index (χ1) is 23.1. The number of alkyl halides is 2. The summed E-state index contributed by atoms with van der Waals surface area (Å²) in [6, 6.07) is 8.19. The number of aliphatic hydroxyl groups excluding tert-OH is 1. The molecule has 1 atom stereocenters. The van der Waals surface area contributed by atoms with E-state index in [1.807, 2.05) is 44.5 Å². The minimum Gasteiger partial charge on any atom is -0.489 e. The number of hydrogen-bond acceptors (Lipinski definition) is 10. The van der Waals surface area contributed by atoms with Crippen molar-refractivity contribution in [3.8, 4) is 11.5 Å². The van der Waals surface area contributed by atoms with E-state index in [2.05, 4.69) is 16.7 Å². The number of thioether (sulfide) groups is 1. The zero-order valence-electron chi connectivity index (χ0n) is 27.6. The Bertz CT molecular complexity index is 1280. The van der Waals surface area contributed by atoms with Crippen molar-refractivity contribution in [1.82, 2.24) is 4.90 Å². The lowest BCUT2D eigenvalue weighted by molar-refractivity contribution is -0.885. The highest BCUT2D eigenvalue weighted by Gasteiger charge is 2.25. The minimum atomic E-state index is -2.99. The second kappa shape index (κ2) is 25.0.